The number of fused-ring (bicyclic) bond motifs is 1. The van der Waals surface area contributed by atoms with Crippen LogP contribution in [0.2, 0.25) is 5.02 Å². The minimum Gasteiger partial charge on any atom is -0.478 e. The predicted octanol–water partition coefficient (Wildman–Crippen LogP) is 6.53. The highest BCUT2D eigenvalue weighted by molar-refractivity contribution is 9.11. The Labute approximate surface area is 176 Å². The Hall–Kier alpha value is -2.61. The highest BCUT2D eigenvalue weighted by Gasteiger charge is 2.26. The lowest BCUT2D eigenvalue weighted by Gasteiger charge is -2.05. The number of carboxylic acid groups (broad SMARTS) is 1. The van der Waals surface area contributed by atoms with E-state index in [-0.39, 0.29) is 17.0 Å². The summed E-state index contributed by atoms with van der Waals surface area (Å²) in [6, 6.07) is 15.7. The second kappa shape index (κ2) is 7.43. The van der Waals surface area contributed by atoms with Crippen LogP contribution in [0, 0.1) is 0 Å². The maximum absolute atomic E-state index is 12.7. The number of aromatic carboxylic acids is 1. The fourth-order valence-electron chi connectivity index (χ4n) is 2.79. The lowest BCUT2D eigenvalue weighted by Crippen LogP contribution is -2.13. The Bertz CT molecular complexity index is 1180. The number of carbonyl (C=O) groups excluding carboxylic acids is 1. The molecule has 0 fully saturated rings. The van der Waals surface area contributed by atoms with E-state index in [1.54, 1.807) is 36.4 Å². The first-order valence-corrected chi connectivity index (χ1v) is 10.0. The first kappa shape index (κ1) is 18.7. The zero-order valence-corrected chi connectivity index (χ0v) is 17.2. The maximum atomic E-state index is 12.7. The van der Waals surface area contributed by atoms with Crippen molar-refractivity contribution in [3.05, 3.63) is 74.7 Å². The largest absolute Gasteiger partial charge is 0.478 e. The molecule has 2 aromatic carbocycles. The van der Waals surface area contributed by atoms with Crippen LogP contribution in [0.3, 0.4) is 0 Å². The third-order valence-corrected chi connectivity index (χ3v) is 6.23. The summed E-state index contributed by atoms with van der Waals surface area (Å²) in [6.07, 6.45) is 0. The summed E-state index contributed by atoms with van der Waals surface area (Å²) in [7, 11) is 0. The number of amides is 1. The molecule has 2 N–H and O–H groups in total. The standard InChI is InChI=1S/C20H11BrClNO4S/c21-18-16(23-19(24)14-9-11-3-1-2-4-13(11)27-14)15(20(25)26)17(28-18)10-5-7-12(22)8-6-10/h1-9H,(H,23,24)(H,25,26). The number of hydrogen-bond acceptors (Lipinski definition) is 4. The van der Waals surface area contributed by atoms with E-state index >= 15 is 0 Å². The van der Waals surface area contributed by atoms with Crippen LogP contribution in [-0.2, 0) is 0 Å². The van der Waals surface area contributed by atoms with Crippen molar-refractivity contribution < 1.29 is 19.1 Å². The molecule has 0 radical (unpaired) electrons. The molecule has 1 amide bonds. The summed E-state index contributed by atoms with van der Waals surface area (Å²) in [4.78, 5) is 25.1. The Balaban J connectivity index is 1.73. The fourth-order valence-corrected chi connectivity index (χ4v) is 4.68. The second-order valence-electron chi connectivity index (χ2n) is 5.87. The number of carboxylic acids is 1. The number of anilines is 1. The fraction of sp³-hybridized carbons (Fsp3) is 0. The normalized spacial score (nSPS) is 10.9. The molecule has 0 unspecified atom stereocenters. The summed E-state index contributed by atoms with van der Waals surface area (Å²) < 4.78 is 6.06. The lowest BCUT2D eigenvalue weighted by molar-refractivity contribution is 0.0699. The molecule has 0 saturated carbocycles. The average Bonchev–Trinajstić information content (AvgIpc) is 3.24. The highest BCUT2D eigenvalue weighted by atomic mass is 79.9. The number of halogens is 2. The molecule has 0 aliphatic heterocycles. The van der Waals surface area contributed by atoms with Gasteiger partial charge < -0.3 is 14.8 Å². The Morgan fingerprint density at radius 3 is 2.50 bits per heavy atom. The van der Waals surface area contributed by atoms with Gasteiger partial charge in [0, 0.05) is 10.4 Å². The number of thiophene rings is 1. The summed E-state index contributed by atoms with van der Waals surface area (Å²) in [6.45, 7) is 0. The molecule has 0 saturated heterocycles. The third-order valence-electron chi connectivity index (χ3n) is 4.07. The number of hydrogen-bond donors (Lipinski definition) is 2. The molecular formula is C20H11BrClNO4S. The third kappa shape index (κ3) is 3.44. The van der Waals surface area contributed by atoms with Crippen molar-refractivity contribution in [2.75, 3.05) is 5.32 Å². The molecule has 8 heteroatoms. The summed E-state index contributed by atoms with van der Waals surface area (Å²) in [5.41, 5.74) is 1.46. The summed E-state index contributed by atoms with van der Waals surface area (Å²) in [5, 5.41) is 13.8. The van der Waals surface area contributed by atoms with Crippen molar-refractivity contribution in [1.82, 2.24) is 0 Å². The molecule has 0 aliphatic carbocycles. The molecule has 4 aromatic rings. The van der Waals surface area contributed by atoms with Crippen LogP contribution in [0.5, 0.6) is 0 Å². The van der Waals surface area contributed by atoms with Crippen LogP contribution in [0.25, 0.3) is 21.4 Å². The maximum Gasteiger partial charge on any atom is 0.339 e. The molecule has 28 heavy (non-hydrogen) atoms. The lowest BCUT2D eigenvalue weighted by atomic mass is 10.1. The second-order valence-corrected chi connectivity index (χ2v) is 8.64. The van der Waals surface area contributed by atoms with Gasteiger partial charge in [-0.2, -0.15) is 0 Å². The van der Waals surface area contributed by atoms with E-state index in [2.05, 4.69) is 21.2 Å². The van der Waals surface area contributed by atoms with E-state index in [9.17, 15) is 14.7 Å². The molecule has 2 aromatic heterocycles. The molecule has 4 rings (SSSR count). The van der Waals surface area contributed by atoms with Crippen LogP contribution >= 0.6 is 38.9 Å². The molecule has 5 nitrogen and oxygen atoms in total. The van der Waals surface area contributed by atoms with Crippen molar-refractivity contribution in [3.63, 3.8) is 0 Å². The smallest absolute Gasteiger partial charge is 0.339 e. The zero-order chi connectivity index (χ0) is 19.8. The van der Waals surface area contributed by atoms with Gasteiger partial charge in [0.2, 0.25) is 0 Å². The average molecular weight is 477 g/mol. The van der Waals surface area contributed by atoms with Crippen LogP contribution in [0.1, 0.15) is 20.9 Å². The first-order valence-electron chi connectivity index (χ1n) is 8.05. The first-order chi connectivity index (χ1) is 13.4. The van der Waals surface area contributed by atoms with Gasteiger partial charge in [0.05, 0.1) is 14.4 Å². The van der Waals surface area contributed by atoms with Crippen molar-refractivity contribution in [3.8, 4) is 10.4 Å². The molecule has 0 aliphatic rings. The number of benzene rings is 2. The number of para-hydroxylation sites is 1. The van der Waals surface area contributed by atoms with Gasteiger partial charge in [-0.1, -0.05) is 41.9 Å². The monoisotopic (exact) mass is 475 g/mol. The van der Waals surface area contributed by atoms with E-state index in [1.165, 1.54) is 11.3 Å². The number of nitrogens with one attached hydrogen (secondary N) is 1. The van der Waals surface area contributed by atoms with Crippen molar-refractivity contribution >= 4 is 67.4 Å². The number of furan rings is 1. The highest BCUT2D eigenvalue weighted by Crippen LogP contribution is 2.44. The minimum absolute atomic E-state index is 0.00339. The van der Waals surface area contributed by atoms with Crippen LogP contribution in [0.4, 0.5) is 5.69 Å². The van der Waals surface area contributed by atoms with Crippen molar-refractivity contribution in [2.24, 2.45) is 0 Å². The van der Waals surface area contributed by atoms with Crippen molar-refractivity contribution in [1.29, 1.82) is 0 Å². The van der Waals surface area contributed by atoms with Gasteiger partial charge >= 0.3 is 5.97 Å². The number of rotatable bonds is 4. The van der Waals surface area contributed by atoms with Crippen LogP contribution in [-0.4, -0.2) is 17.0 Å². The van der Waals surface area contributed by atoms with Gasteiger partial charge in [-0.25, -0.2) is 4.79 Å². The van der Waals surface area contributed by atoms with E-state index in [0.29, 0.717) is 24.8 Å². The molecule has 2 heterocycles. The van der Waals surface area contributed by atoms with Gasteiger partial charge in [-0.3, -0.25) is 4.79 Å². The van der Waals surface area contributed by atoms with Gasteiger partial charge in [-0.05, 0) is 45.8 Å². The molecular weight excluding hydrogens is 466 g/mol. The predicted molar refractivity (Wildman–Crippen MR) is 114 cm³/mol. The minimum atomic E-state index is -1.15. The van der Waals surface area contributed by atoms with Gasteiger partial charge in [0.15, 0.2) is 5.76 Å². The quantitative estimate of drug-likeness (QED) is 0.351. The van der Waals surface area contributed by atoms with E-state index in [1.807, 2.05) is 18.2 Å². The Morgan fingerprint density at radius 2 is 1.82 bits per heavy atom. The van der Waals surface area contributed by atoms with Gasteiger partial charge in [-0.15, -0.1) is 11.3 Å². The van der Waals surface area contributed by atoms with E-state index < -0.39 is 11.9 Å². The molecule has 140 valence electrons. The summed E-state index contributed by atoms with van der Waals surface area (Å²) in [5.74, 6) is -1.57. The molecule has 0 atom stereocenters. The molecule has 0 bridgehead atoms. The van der Waals surface area contributed by atoms with E-state index in [4.69, 9.17) is 16.0 Å². The zero-order valence-electron chi connectivity index (χ0n) is 14.0. The molecule has 0 spiro atoms. The van der Waals surface area contributed by atoms with E-state index in [0.717, 1.165) is 5.39 Å². The van der Waals surface area contributed by atoms with Crippen molar-refractivity contribution in [2.45, 2.75) is 0 Å². The van der Waals surface area contributed by atoms with Crippen LogP contribution < -0.4 is 5.32 Å². The van der Waals surface area contributed by atoms with Gasteiger partial charge in [0.1, 0.15) is 11.1 Å². The topological polar surface area (TPSA) is 79.5 Å². The SMILES string of the molecule is O=C(Nc1c(Br)sc(-c2ccc(Cl)cc2)c1C(=O)O)c1cc2ccccc2o1. The van der Waals surface area contributed by atoms with Gasteiger partial charge in [0.25, 0.3) is 5.91 Å². The van der Waals surface area contributed by atoms with Crippen LogP contribution in [0.15, 0.2) is 62.8 Å². The Morgan fingerprint density at radius 1 is 1.11 bits per heavy atom. The number of carbonyl (C=O) groups is 2. The Kier molecular flexibility index (Phi) is 4.97. The summed E-state index contributed by atoms with van der Waals surface area (Å²) >= 11 is 10.5.